The van der Waals surface area contributed by atoms with Crippen LogP contribution in [0.1, 0.15) is 34.1 Å². The van der Waals surface area contributed by atoms with Crippen molar-refractivity contribution in [1.29, 1.82) is 0 Å². The van der Waals surface area contributed by atoms with Crippen LogP contribution >= 0.6 is 0 Å². The summed E-state index contributed by atoms with van der Waals surface area (Å²) in [5.41, 5.74) is 0.919. The number of carbonyl (C=O) groups is 1. The monoisotopic (exact) mass is 232 g/mol. The zero-order valence-corrected chi connectivity index (χ0v) is 10.7. The SMILES string of the molecule is C/C(=C\CO)CC=O.CCOC(C)OCC. The number of hydrogen-bond donors (Lipinski definition) is 1. The molecule has 0 radical (unpaired) electrons. The molecule has 0 aromatic heterocycles. The molecular formula is C12H24O4. The molecule has 0 aromatic rings. The van der Waals surface area contributed by atoms with Crippen LogP contribution in [-0.4, -0.2) is 37.5 Å². The molecule has 0 aliphatic carbocycles. The van der Waals surface area contributed by atoms with E-state index in [1.54, 1.807) is 6.08 Å². The second-order valence-electron chi connectivity index (χ2n) is 3.08. The summed E-state index contributed by atoms with van der Waals surface area (Å²) < 4.78 is 10.1. The summed E-state index contributed by atoms with van der Waals surface area (Å²) in [6.07, 6.45) is 2.83. The summed E-state index contributed by atoms with van der Waals surface area (Å²) in [6.45, 7) is 9.09. The van der Waals surface area contributed by atoms with Gasteiger partial charge in [-0.25, -0.2) is 0 Å². The topological polar surface area (TPSA) is 55.8 Å². The van der Waals surface area contributed by atoms with Gasteiger partial charge in [-0.05, 0) is 27.7 Å². The molecule has 0 aliphatic rings. The van der Waals surface area contributed by atoms with Gasteiger partial charge in [0.2, 0.25) is 0 Å². The van der Waals surface area contributed by atoms with Gasteiger partial charge in [0.15, 0.2) is 6.29 Å². The number of allylic oxidation sites excluding steroid dienone is 1. The molecule has 0 fully saturated rings. The molecule has 0 aromatic carbocycles. The van der Waals surface area contributed by atoms with Crippen LogP contribution in [-0.2, 0) is 14.3 Å². The number of rotatable bonds is 7. The lowest BCUT2D eigenvalue weighted by Gasteiger charge is -2.09. The fourth-order valence-corrected chi connectivity index (χ4v) is 0.888. The highest BCUT2D eigenvalue weighted by atomic mass is 16.7. The highest BCUT2D eigenvalue weighted by Crippen LogP contribution is 1.93. The van der Waals surface area contributed by atoms with Crippen molar-refractivity contribution in [2.45, 2.75) is 40.4 Å². The Morgan fingerprint density at radius 3 is 2.12 bits per heavy atom. The normalized spacial score (nSPS) is 11.0. The van der Waals surface area contributed by atoms with Crippen molar-refractivity contribution in [3.63, 3.8) is 0 Å². The van der Waals surface area contributed by atoms with Crippen molar-refractivity contribution in [1.82, 2.24) is 0 Å². The highest BCUT2D eigenvalue weighted by Gasteiger charge is 1.94. The summed E-state index contributed by atoms with van der Waals surface area (Å²) in [4.78, 5) is 9.77. The van der Waals surface area contributed by atoms with Gasteiger partial charge < -0.3 is 19.4 Å². The summed E-state index contributed by atoms with van der Waals surface area (Å²) in [6, 6.07) is 0. The summed E-state index contributed by atoms with van der Waals surface area (Å²) in [5, 5.41) is 8.27. The van der Waals surface area contributed by atoms with Crippen molar-refractivity contribution in [2.24, 2.45) is 0 Å². The maximum atomic E-state index is 9.77. The van der Waals surface area contributed by atoms with E-state index in [1.165, 1.54) is 0 Å². The summed E-state index contributed by atoms with van der Waals surface area (Å²) >= 11 is 0. The average Bonchev–Trinajstić information content (AvgIpc) is 2.20. The number of aliphatic hydroxyl groups is 1. The molecule has 0 aliphatic heterocycles. The van der Waals surface area contributed by atoms with Crippen LogP contribution in [0.3, 0.4) is 0 Å². The molecule has 0 rings (SSSR count). The lowest BCUT2D eigenvalue weighted by atomic mass is 10.2. The van der Waals surface area contributed by atoms with Crippen molar-refractivity contribution in [3.8, 4) is 0 Å². The van der Waals surface area contributed by atoms with Crippen LogP contribution < -0.4 is 0 Å². The molecule has 0 heterocycles. The third-order valence-electron chi connectivity index (χ3n) is 1.65. The largest absolute Gasteiger partial charge is 0.392 e. The van der Waals surface area contributed by atoms with Crippen LogP contribution in [0.5, 0.6) is 0 Å². The van der Waals surface area contributed by atoms with E-state index >= 15 is 0 Å². The highest BCUT2D eigenvalue weighted by molar-refractivity contribution is 5.53. The van der Waals surface area contributed by atoms with E-state index in [4.69, 9.17) is 14.6 Å². The maximum absolute atomic E-state index is 9.77. The molecule has 1 N–H and O–H groups in total. The second kappa shape index (κ2) is 14.3. The van der Waals surface area contributed by atoms with E-state index in [0.717, 1.165) is 25.1 Å². The lowest BCUT2D eigenvalue weighted by molar-refractivity contribution is -0.123. The number of aldehydes is 1. The van der Waals surface area contributed by atoms with Crippen molar-refractivity contribution < 1.29 is 19.4 Å². The van der Waals surface area contributed by atoms with Crippen LogP contribution in [0.4, 0.5) is 0 Å². The van der Waals surface area contributed by atoms with Crippen molar-refractivity contribution in [2.75, 3.05) is 19.8 Å². The van der Waals surface area contributed by atoms with E-state index in [-0.39, 0.29) is 12.9 Å². The Morgan fingerprint density at radius 1 is 1.31 bits per heavy atom. The molecule has 96 valence electrons. The van der Waals surface area contributed by atoms with Gasteiger partial charge >= 0.3 is 0 Å². The second-order valence-corrected chi connectivity index (χ2v) is 3.08. The Morgan fingerprint density at radius 2 is 1.81 bits per heavy atom. The predicted molar refractivity (Wildman–Crippen MR) is 64.2 cm³/mol. The van der Waals surface area contributed by atoms with Gasteiger partial charge in [-0.15, -0.1) is 0 Å². The Bertz CT molecular complexity index is 172. The minimum Gasteiger partial charge on any atom is -0.392 e. The van der Waals surface area contributed by atoms with Crippen LogP contribution in [0.25, 0.3) is 0 Å². The van der Waals surface area contributed by atoms with Gasteiger partial charge in [0.1, 0.15) is 6.29 Å². The zero-order valence-electron chi connectivity index (χ0n) is 10.7. The minimum absolute atomic E-state index is 0.0275. The van der Waals surface area contributed by atoms with E-state index in [0.29, 0.717) is 6.42 Å². The van der Waals surface area contributed by atoms with Gasteiger partial charge in [-0.1, -0.05) is 11.6 Å². The van der Waals surface area contributed by atoms with E-state index < -0.39 is 0 Å². The average molecular weight is 232 g/mol. The van der Waals surface area contributed by atoms with Gasteiger partial charge in [0.05, 0.1) is 6.61 Å². The maximum Gasteiger partial charge on any atom is 0.154 e. The van der Waals surface area contributed by atoms with Gasteiger partial charge in [-0.2, -0.15) is 0 Å². The molecule has 0 saturated heterocycles. The van der Waals surface area contributed by atoms with Crippen LogP contribution in [0.2, 0.25) is 0 Å². The minimum atomic E-state index is -0.0370. The Hall–Kier alpha value is -0.710. The molecule has 0 unspecified atom stereocenters. The molecule has 0 spiro atoms. The van der Waals surface area contributed by atoms with Gasteiger partial charge in [-0.3, -0.25) is 0 Å². The Kier molecular flexibility index (Phi) is 15.8. The third kappa shape index (κ3) is 15.7. The lowest BCUT2D eigenvalue weighted by Crippen LogP contribution is -2.11. The number of carbonyl (C=O) groups excluding carboxylic acids is 1. The van der Waals surface area contributed by atoms with Crippen molar-refractivity contribution >= 4 is 6.29 Å². The summed E-state index contributed by atoms with van der Waals surface area (Å²) in [7, 11) is 0. The third-order valence-corrected chi connectivity index (χ3v) is 1.65. The predicted octanol–water partition coefficient (Wildman–Crippen LogP) is 1.92. The first-order valence-electron chi connectivity index (χ1n) is 5.55. The van der Waals surface area contributed by atoms with Gasteiger partial charge in [0, 0.05) is 19.6 Å². The molecule has 16 heavy (non-hydrogen) atoms. The van der Waals surface area contributed by atoms with Crippen LogP contribution in [0.15, 0.2) is 11.6 Å². The first-order valence-corrected chi connectivity index (χ1v) is 5.55. The van der Waals surface area contributed by atoms with E-state index in [2.05, 4.69) is 0 Å². The smallest absolute Gasteiger partial charge is 0.154 e. The molecule has 0 amide bonds. The van der Waals surface area contributed by atoms with Gasteiger partial charge in [0.25, 0.3) is 0 Å². The van der Waals surface area contributed by atoms with E-state index in [1.807, 2.05) is 27.7 Å². The standard InChI is InChI=1S/C6H10O2.C6H14O2/c1-6(2-4-7)3-5-8;1-4-7-6(3)8-5-2/h2,5,7H,3-4H2,1H3;6H,4-5H2,1-3H3/b6-2+;. The fraction of sp³-hybridized carbons (Fsp3) is 0.750. The molecule has 0 saturated carbocycles. The summed E-state index contributed by atoms with van der Waals surface area (Å²) in [5.74, 6) is 0. The molecule has 0 bridgehead atoms. The first-order chi connectivity index (χ1) is 7.62. The molecular weight excluding hydrogens is 208 g/mol. The zero-order chi connectivity index (χ0) is 12.8. The van der Waals surface area contributed by atoms with E-state index in [9.17, 15) is 4.79 Å². The quantitative estimate of drug-likeness (QED) is 0.414. The number of aliphatic hydroxyl groups excluding tert-OH is 1. The fourth-order valence-electron chi connectivity index (χ4n) is 0.888. The Balaban J connectivity index is 0. The van der Waals surface area contributed by atoms with Crippen LogP contribution in [0, 0.1) is 0 Å². The number of hydrogen-bond acceptors (Lipinski definition) is 4. The van der Waals surface area contributed by atoms with Crippen molar-refractivity contribution in [3.05, 3.63) is 11.6 Å². The molecule has 4 nitrogen and oxygen atoms in total. The Labute approximate surface area is 98.3 Å². The number of ether oxygens (including phenoxy) is 2. The molecule has 0 atom stereocenters. The first kappa shape index (κ1) is 17.7. The molecule has 4 heteroatoms.